The Morgan fingerprint density at radius 1 is 0.714 bits per heavy atom. The number of aliphatic hydroxyl groups excluding tert-OH is 9. The highest BCUT2D eigenvalue weighted by Gasteiger charge is 2.50. The molecule has 2 fully saturated rings. The van der Waals surface area contributed by atoms with Crippen LogP contribution in [-0.4, -0.2) is 140 Å². The lowest BCUT2D eigenvalue weighted by Gasteiger charge is -2.46. The number of aliphatic hydroxyl groups is 9. The highest BCUT2D eigenvalue weighted by Crippen LogP contribution is 2.29. The van der Waals surface area contributed by atoms with Crippen molar-refractivity contribution in [3.8, 4) is 0 Å². The number of rotatable bonds is 8. The second-order valence-corrected chi connectivity index (χ2v) is 6.67. The second kappa shape index (κ2) is 10.5. The van der Waals surface area contributed by atoms with Gasteiger partial charge in [0.15, 0.2) is 12.6 Å². The van der Waals surface area contributed by atoms with Crippen molar-refractivity contribution < 1.29 is 64.9 Å². The molecule has 1 unspecified atom stereocenters. The Morgan fingerprint density at radius 2 is 1.29 bits per heavy atom. The first kappa shape index (κ1) is 23.8. The Hall–Kier alpha value is -0.520. The predicted octanol–water partition coefficient (Wildman–Crippen LogP) is -6.02. The fourth-order valence-electron chi connectivity index (χ4n) is 2.94. The zero-order valence-electron chi connectivity index (χ0n) is 14.8. The molecule has 0 aromatic rings. The van der Waals surface area contributed by atoms with E-state index in [1.54, 1.807) is 0 Å². The van der Waals surface area contributed by atoms with Gasteiger partial charge in [-0.15, -0.1) is 0 Å². The molecule has 0 saturated carbocycles. The summed E-state index contributed by atoms with van der Waals surface area (Å²) in [6.45, 7) is -2.43. The maximum absolute atomic E-state index is 10.4. The largest absolute Gasteiger partial charge is 0.394 e. The quantitative estimate of drug-likeness (QED) is 0.180. The number of hydrogen-bond donors (Lipinski definition) is 9. The molecule has 2 aliphatic rings. The third-order valence-electron chi connectivity index (χ3n) is 4.63. The van der Waals surface area contributed by atoms with Gasteiger partial charge in [0, 0.05) is 0 Å². The van der Waals surface area contributed by atoms with Gasteiger partial charge in [-0.1, -0.05) is 0 Å². The molecule has 0 radical (unpaired) electrons. The van der Waals surface area contributed by atoms with Gasteiger partial charge in [0.1, 0.15) is 54.9 Å². The van der Waals surface area contributed by atoms with Gasteiger partial charge in [-0.3, -0.25) is 0 Å². The zero-order valence-corrected chi connectivity index (χ0v) is 14.8. The summed E-state index contributed by atoms with van der Waals surface area (Å²) in [5.74, 6) is 0. The summed E-state index contributed by atoms with van der Waals surface area (Å²) in [6.07, 6.45) is -16.9. The van der Waals surface area contributed by atoms with E-state index in [0.29, 0.717) is 0 Å². The predicted molar refractivity (Wildman–Crippen MR) is 85.4 cm³/mol. The minimum absolute atomic E-state index is 0.431. The molecule has 13 heteroatoms. The number of hydrogen-bond acceptors (Lipinski definition) is 13. The average molecular weight is 416 g/mol. The van der Waals surface area contributed by atoms with Crippen molar-refractivity contribution in [2.45, 2.75) is 67.5 Å². The maximum Gasteiger partial charge on any atom is 0.187 e. The normalized spacial score (nSPS) is 45.8. The molecule has 0 amide bonds. The van der Waals surface area contributed by atoms with Crippen LogP contribution in [0.15, 0.2) is 0 Å². The van der Waals surface area contributed by atoms with Crippen molar-refractivity contribution >= 4 is 0 Å². The summed E-state index contributed by atoms with van der Waals surface area (Å²) in [6, 6.07) is 0. The summed E-state index contributed by atoms with van der Waals surface area (Å²) in [5.41, 5.74) is 0. The average Bonchev–Trinajstić information content (AvgIpc) is 2.70. The molecule has 0 aromatic heterocycles. The van der Waals surface area contributed by atoms with E-state index in [0.717, 1.165) is 0 Å². The molecule has 11 atom stereocenters. The van der Waals surface area contributed by atoms with Crippen molar-refractivity contribution in [2.24, 2.45) is 0 Å². The summed E-state index contributed by atoms with van der Waals surface area (Å²) < 4.78 is 20.9. The first-order valence-electron chi connectivity index (χ1n) is 8.74. The van der Waals surface area contributed by atoms with Crippen LogP contribution < -0.4 is 0 Å². The molecule has 28 heavy (non-hydrogen) atoms. The van der Waals surface area contributed by atoms with Gasteiger partial charge in [-0.05, 0) is 0 Å². The minimum atomic E-state index is -1.77. The van der Waals surface area contributed by atoms with E-state index in [9.17, 15) is 40.9 Å². The third-order valence-corrected chi connectivity index (χ3v) is 4.63. The molecule has 0 aliphatic carbocycles. The molecule has 0 aromatic carbocycles. The van der Waals surface area contributed by atoms with E-state index >= 15 is 0 Å². The van der Waals surface area contributed by atoms with Crippen molar-refractivity contribution in [3.05, 3.63) is 0 Å². The summed E-state index contributed by atoms with van der Waals surface area (Å²) >= 11 is 0. The van der Waals surface area contributed by atoms with Crippen molar-refractivity contribution in [2.75, 3.05) is 26.4 Å². The summed E-state index contributed by atoms with van der Waals surface area (Å²) in [4.78, 5) is 0. The SMILES string of the molecule is OCC(O)CO[C@@H]1O[C@H](CO)[C@H](O)[C@H](O[C@H]2O[C@H](CO)[C@@H](O)[C@H](O)[C@@H]2O)[C@H]1O. The molecule has 0 spiro atoms. The van der Waals surface area contributed by atoms with Gasteiger partial charge in [0.05, 0.1) is 26.4 Å². The van der Waals surface area contributed by atoms with Crippen LogP contribution in [-0.2, 0) is 18.9 Å². The molecular formula is C15H28O13. The highest BCUT2D eigenvalue weighted by molar-refractivity contribution is 4.94. The first-order valence-corrected chi connectivity index (χ1v) is 8.74. The highest BCUT2D eigenvalue weighted by atomic mass is 16.7. The fourth-order valence-corrected chi connectivity index (χ4v) is 2.94. The number of ether oxygens (including phenoxy) is 4. The van der Waals surface area contributed by atoms with Gasteiger partial charge in [0.25, 0.3) is 0 Å². The Balaban J connectivity index is 2.11. The van der Waals surface area contributed by atoms with Gasteiger partial charge >= 0.3 is 0 Å². The fraction of sp³-hybridized carbons (Fsp3) is 1.00. The van der Waals surface area contributed by atoms with Crippen LogP contribution in [0.4, 0.5) is 0 Å². The molecule has 166 valence electrons. The van der Waals surface area contributed by atoms with E-state index in [-0.39, 0.29) is 0 Å². The van der Waals surface area contributed by atoms with Gasteiger partial charge in [-0.25, -0.2) is 0 Å². The standard InChI is InChI=1S/C15H28O13/c16-1-5(19)4-25-14-12(24)13(9(21)7(3-18)26-14)28-15-11(23)10(22)8(20)6(2-17)27-15/h5-24H,1-4H2/t5?,6-,7-,8-,9+,10+,11+,12-,13+,14-,15-/m1/s1. The molecule has 0 bridgehead atoms. The lowest BCUT2D eigenvalue weighted by Crippen LogP contribution is -2.65. The van der Waals surface area contributed by atoms with E-state index in [2.05, 4.69) is 0 Å². The smallest absolute Gasteiger partial charge is 0.187 e. The minimum Gasteiger partial charge on any atom is -0.394 e. The monoisotopic (exact) mass is 416 g/mol. The van der Waals surface area contributed by atoms with Crippen LogP contribution in [0.2, 0.25) is 0 Å². The zero-order chi connectivity index (χ0) is 21.0. The van der Waals surface area contributed by atoms with E-state index in [4.69, 9.17) is 24.1 Å². The topological polar surface area (TPSA) is 219 Å². The molecule has 9 N–H and O–H groups in total. The van der Waals surface area contributed by atoms with Crippen molar-refractivity contribution in [1.82, 2.24) is 0 Å². The van der Waals surface area contributed by atoms with Crippen LogP contribution in [0.5, 0.6) is 0 Å². The molecule has 2 saturated heterocycles. The summed E-state index contributed by atoms with van der Waals surface area (Å²) in [5, 5.41) is 87.1. The second-order valence-electron chi connectivity index (χ2n) is 6.67. The van der Waals surface area contributed by atoms with E-state index in [1.807, 2.05) is 0 Å². The van der Waals surface area contributed by atoms with Gasteiger partial charge in [-0.2, -0.15) is 0 Å². The molecular weight excluding hydrogens is 388 g/mol. The van der Waals surface area contributed by atoms with Crippen molar-refractivity contribution in [1.29, 1.82) is 0 Å². The lowest BCUT2D eigenvalue weighted by molar-refractivity contribution is -0.361. The van der Waals surface area contributed by atoms with Crippen LogP contribution in [0.25, 0.3) is 0 Å². The molecule has 2 rings (SSSR count). The third kappa shape index (κ3) is 5.14. The maximum atomic E-state index is 10.4. The molecule has 2 aliphatic heterocycles. The Labute approximate surface area is 159 Å². The molecule has 2 heterocycles. The van der Waals surface area contributed by atoms with E-state index < -0.39 is 93.9 Å². The lowest BCUT2D eigenvalue weighted by atomic mass is 9.97. The van der Waals surface area contributed by atoms with Crippen LogP contribution in [0.3, 0.4) is 0 Å². The Bertz CT molecular complexity index is 465. The van der Waals surface area contributed by atoms with Gasteiger partial charge in [0.2, 0.25) is 0 Å². The summed E-state index contributed by atoms with van der Waals surface area (Å²) in [7, 11) is 0. The molecule has 13 nitrogen and oxygen atoms in total. The first-order chi connectivity index (χ1) is 13.2. The van der Waals surface area contributed by atoms with E-state index in [1.165, 1.54) is 0 Å². The van der Waals surface area contributed by atoms with Crippen LogP contribution in [0, 0.1) is 0 Å². The Kier molecular flexibility index (Phi) is 8.90. The van der Waals surface area contributed by atoms with Gasteiger partial charge < -0.3 is 64.9 Å². The Morgan fingerprint density at radius 3 is 1.86 bits per heavy atom. The van der Waals surface area contributed by atoms with Crippen LogP contribution >= 0.6 is 0 Å². The van der Waals surface area contributed by atoms with Crippen LogP contribution in [0.1, 0.15) is 0 Å². The van der Waals surface area contributed by atoms with Crippen molar-refractivity contribution in [3.63, 3.8) is 0 Å².